The number of carbonyl (C=O) groups excluding carboxylic acids is 1. The molecule has 8 heteroatoms. The van der Waals surface area contributed by atoms with Crippen molar-refractivity contribution in [2.24, 2.45) is 5.73 Å². The van der Waals surface area contributed by atoms with Gasteiger partial charge in [0.2, 0.25) is 0 Å². The van der Waals surface area contributed by atoms with Crippen molar-refractivity contribution < 1.29 is 4.79 Å². The van der Waals surface area contributed by atoms with Crippen LogP contribution in [0.3, 0.4) is 0 Å². The first kappa shape index (κ1) is 18.9. The predicted molar refractivity (Wildman–Crippen MR) is 104 cm³/mol. The maximum atomic E-state index is 12.7. The van der Waals surface area contributed by atoms with Crippen LogP contribution in [0.2, 0.25) is 10.0 Å². The molecule has 1 saturated heterocycles. The van der Waals surface area contributed by atoms with E-state index in [9.17, 15) is 9.59 Å². The van der Waals surface area contributed by atoms with Crippen molar-refractivity contribution in [2.75, 3.05) is 18.0 Å². The number of nitrogens with two attached hydrogens (primary N) is 1. The van der Waals surface area contributed by atoms with E-state index in [4.69, 9.17) is 28.9 Å². The third-order valence-corrected chi connectivity index (χ3v) is 5.73. The molecule has 3 rings (SSSR count). The van der Waals surface area contributed by atoms with Crippen molar-refractivity contribution in [1.29, 1.82) is 0 Å². The highest BCUT2D eigenvalue weighted by atomic mass is 35.5. The van der Waals surface area contributed by atoms with Crippen LogP contribution < -0.4 is 16.2 Å². The van der Waals surface area contributed by atoms with Gasteiger partial charge >= 0.3 is 0 Å². The average molecular weight is 395 g/mol. The second-order valence-corrected chi connectivity index (χ2v) is 7.39. The van der Waals surface area contributed by atoms with Gasteiger partial charge < -0.3 is 10.6 Å². The summed E-state index contributed by atoms with van der Waals surface area (Å²) in [4.78, 5) is 31.0. The molecule has 0 spiro atoms. The van der Waals surface area contributed by atoms with E-state index in [0.717, 1.165) is 0 Å². The Bertz CT molecular complexity index is 918. The Kier molecular flexibility index (Phi) is 5.10. The van der Waals surface area contributed by atoms with Crippen LogP contribution in [-0.2, 0) is 4.79 Å². The zero-order valence-corrected chi connectivity index (χ0v) is 16.1. The zero-order chi connectivity index (χ0) is 19.1. The average Bonchev–Trinajstić information content (AvgIpc) is 2.58. The standard InChI is InChI=1S/C18H20Cl2N4O2/c1-11(25)18(21)6-8-23(9-7-18)15-10-16(26)24(12(2)22-15)14-5-3-4-13(19)17(14)20/h3-5,10H,6-9,21H2,1-2H3. The molecular weight excluding hydrogens is 375 g/mol. The fraction of sp³-hybridized carbons (Fsp3) is 0.389. The Hall–Kier alpha value is -1.89. The summed E-state index contributed by atoms with van der Waals surface area (Å²) in [6.07, 6.45) is 1.07. The van der Waals surface area contributed by atoms with Crippen molar-refractivity contribution in [3.8, 4) is 5.69 Å². The quantitative estimate of drug-likeness (QED) is 0.865. The normalized spacial score (nSPS) is 16.6. The van der Waals surface area contributed by atoms with Gasteiger partial charge in [0.15, 0.2) is 0 Å². The van der Waals surface area contributed by atoms with Crippen LogP contribution in [0.25, 0.3) is 5.69 Å². The molecule has 6 nitrogen and oxygen atoms in total. The summed E-state index contributed by atoms with van der Waals surface area (Å²) in [6.45, 7) is 4.41. The summed E-state index contributed by atoms with van der Waals surface area (Å²) in [5.74, 6) is 1.08. The number of halogens is 2. The lowest BCUT2D eigenvalue weighted by molar-refractivity contribution is -0.122. The minimum absolute atomic E-state index is 0.00712. The van der Waals surface area contributed by atoms with E-state index in [1.54, 1.807) is 25.1 Å². The smallest absolute Gasteiger partial charge is 0.260 e. The molecule has 26 heavy (non-hydrogen) atoms. The highest BCUT2D eigenvalue weighted by Gasteiger charge is 2.35. The van der Waals surface area contributed by atoms with Gasteiger partial charge in [0.25, 0.3) is 5.56 Å². The summed E-state index contributed by atoms with van der Waals surface area (Å²) in [5, 5.41) is 0.681. The number of hydrogen-bond donors (Lipinski definition) is 1. The minimum atomic E-state index is -0.783. The summed E-state index contributed by atoms with van der Waals surface area (Å²) in [5.41, 5.74) is 5.61. The van der Waals surface area contributed by atoms with E-state index in [-0.39, 0.29) is 11.3 Å². The van der Waals surface area contributed by atoms with Crippen LogP contribution >= 0.6 is 23.2 Å². The molecule has 2 heterocycles. The zero-order valence-electron chi connectivity index (χ0n) is 14.6. The van der Waals surface area contributed by atoms with Crippen LogP contribution in [0.15, 0.2) is 29.1 Å². The van der Waals surface area contributed by atoms with Gasteiger partial charge in [-0.05, 0) is 38.8 Å². The number of anilines is 1. The van der Waals surface area contributed by atoms with E-state index < -0.39 is 5.54 Å². The number of piperidine rings is 1. The Balaban J connectivity index is 1.93. The largest absolute Gasteiger partial charge is 0.356 e. The fourth-order valence-corrected chi connectivity index (χ4v) is 3.57. The Morgan fingerprint density at radius 3 is 2.50 bits per heavy atom. The van der Waals surface area contributed by atoms with Gasteiger partial charge in [-0.2, -0.15) is 0 Å². The molecular formula is C18H20Cl2N4O2. The first-order valence-electron chi connectivity index (χ1n) is 8.33. The molecule has 2 N–H and O–H groups in total. The second-order valence-electron chi connectivity index (χ2n) is 6.61. The molecule has 0 aliphatic carbocycles. The highest BCUT2D eigenvalue weighted by molar-refractivity contribution is 6.43. The molecule has 1 aliphatic rings. The molecule has 0 bridgehead atoms. The molecule has 0 radical (unpaired) electrons. The van der Waals surface area contributed by atoms with E-state index in [1.165, 1.54) is 17.6 Å². The summed E-state index contributed by atoms with van der Waals surface area (Å²) >= 11 is 12.3. The number of Topliss-reactive ketones (excluding diaryl/α,β-unsaturated/α-hetero) is 1. The van der Waals surface area contributed by atoms with Crippen LogP contribution in [0.5, 0.6) is 0 Å². The summed E-state index contributed by atoms with van der Waals surface area (Å²) < 4.78 is 1.43. The second kappa shape index (κ2) is 7.02. The lowest BCUT2D eigenvalue weighted by atomic mass is 9.85. The number of ketones is 1. The lowest BCUT2D eigenvalue weighted by Crippen LogP contribution is -2.55. The van der Waals surface area contributed by atoms with Gasteiger partial charge in [0.05, 0.1) is 21.3 Å². The van der Waals surface area contributed by atoms with Crippen molar-refractivity contribution in [3.63, 3.8) is 0 Å². The molecule has 1 aromatic carbocycles. The molecule has 1 aromatic heterocycles. The van der Waals surface area contributed by atoms with Crippen LogP contribution in [0.4, 0.5) is 5.82 Å². The van der Waals surface area contributed by atoms with E-state index in [2.05, 4.69) is 4.98 Å². The Morgan fingerprint density at radius 1 is 1.27 bits per heavy atom. The molecule has 0 saturated carbocycles. The van der Waals surface area contributed by atoms with E-state index in [0.29, 0.717) is 53.3 Å². The Labute approximate surface area is 161 Å². The van der Waals surface area contributed by atoms with Crippen LogP contribution in [0, 0.1) is 6.92 Å². The third kappa shape index (κ3) is 3.37. The minimum Gasteiger partial charge on any atom is -0.356 e. The Morgan fingerprint density at radius 2 is 1.92 bits per heavy atom. The number of nitrogens with zero attached hydrogens (tertiary/aromatic N) is 3. The molecule has 1 fully saturated rings. The van der Waals surface area contributed by atoms with E-state index in [1.807, 2.05) is 4.90 Å². The number of benzene rings is 1. The molecule has 0 amide bonds. The van der Waals surface area contributed by atoms with Crippen molar-refractivity contribution >= 4 is 34.8 Å². The maximum absolute atomic E-state index is 12.7. The predicted octanol–water partition coefficient (Wildman–Crippen LogP) is 2.73. The van der Waals surface area contributed by atoms with E-state index >= 15 is 0 Å². The molecule has 1 aliphatic heterocycles. The summed E-state index contributed by atoms with van der Waals surface area (Å²) in [6, 6.07) is 6.59. The van der Waals surface area contributed by atoms with Crippen LogP contribution in [-0.4, -0.2) is 34.0 Å². The number of rotatable bonds is 3. The summed E-state index contributed by atoms with van der Waals surface area (Å²) in [7, 11) is 0. The van der Waals surface area contributed by atoms with Gasteiger partial charge in [0.1, 0.15) is 17.4 Å². The number of aromatic nitrogens is 2. The first-order valence-corrected chi connectivity index (χ1v) is 9.08. The third-order valence-electron chi connectivity index (χ3n) is 4.93. The van der Waals surface area contributed by atoms with Gasteiger partial charge in [-0.25, -0.2) is 4.98 Å². The number of hydrogen-bond acceptors (Lipinski definition) is 5. The molecule has 0 atom stereocenters. The highest BCUT2D eigenvalue weighted by Crippen LogP contribution is 2.29. The number of aryl methyl sites for hydroxylation is 1. The van der Waals surface area contributed by atoms with Crippen molar-refractivity contribution in [3.05, 3.63) is 50.5 Å². The fourth-order valence-electron chi connectivity index (χ4n) is 3.19. The molecule has 2 aromatic rings. The van der Waals surface area contributed by atoms with Gasteiger partial charge in [-0.1, -0.05) is 29.3 Å². The first-order chi connectivity index (χ1) is 12.2. The van der Waals surface area contributed by atoms with Gasteiger partial charge in [-0.15, -0.1) is 0 Å². The monoisotopic (exact) mass is 394 g/mol. The van der Waals surface area contributed by atoms with Crippen LogP contribution in [0.1, 0.15) is 25.6 Å². The lowest BCUT2D eigenvalue weighted by Gasteiger charge is -2.38. The molecule has 138 valence electrons. The van der Waals surface area contributed by atoms with Gasteiger partial charge in [0, 0.05) is 19.2 Å². The number of carbonyl (C=O) groups is 1. The van der Waals surface area contributed by atoms with Crippen molar-refractivity contribution in [2.45, 2.75) is 32.2 Å². The SMILES string of the molecule is CC(=O)C1(N)CCN(c2cc(=O)n(-c3cccc(Cl)c3Cl)c(C)n2)CC1. The molecule has 0 unspecified atom stereocenters. The maximum Gasteiger partial charge on any atom is 0.260 e. The topological polar surface area (TPSA) is 81.2 Å². The van der Waals surface area contributed by atoms with Gasteiger partial charge in [-0.3, -0.25) is 14.2 Å². The van der Waals surface area contributed by atoms with Crippen molar-refractivity contribution in [1.82, 2.24) is 9.55 Å².